The highest BCUT2D eigenvalue weighted by Crippen LogP contribution is 2.09. The summed E-state index contributed by atoms with van der Waals surface area (Å²) < 4.78 is 0. The van der Waals surface area contributed by atoms with E-state index in [2.05, 4.69) is 15.6 Å². The number of aromatic nitrogens is 1. The molecule has 6 heteroatoms. The molecule has 0 aliphatic carbocycles. The second-order valence-electron chi connectivity index (χ2n) is 3.53. The first-order valence-electron chi connectivity index (χ1n) is 5.47. The van der Waals surface area contributed by atoms with Gasteiger partial charge < -0.3 is 5.32 Å². The third kappa shape index (κ3) is 4.61. The topological polar surface area (TPSA) is 54.0 Å². The summed E-state index contributed by atoms with van der Waals surface area (Å²) in [6.07, 6.45) is 6.48. The normalized spacial score (nSPS) is 10.3. The fourth-order valence-corrected chi connectivity index (χ4v) is 2.13. The van der Waals surface area contributed by atoms with Crippen LogP contribution >= 0.6 is 23.6 Å². The molecule has 2 aromatic rings. The summed E-state index contributed by atoms with van der Waals surface area (Å²) in [5.41, 5.74) is 0.732. The molecule has 0 unspecified atom stereocenters. The quantitative estimate of drug-likeness (QED) is 0.674. The summed E-state index contributed by atoms with van der Waals surface area (Å²) in [6.45, 7) is 0. The van der Waals surface area contributed by atoms with Crippen LogP contribution in [0.1, 0.15) is 4.88 Å². The Morgan fingerprint density at radius 2 is 2.26 bits per heavy atom. The summed E-state index contributed by atoms with van der Waals surface area (Å²) in [7, 11) is 0. The highest BCUT2D eigenvalue weighted by Gasteiger charge is 2.01. The van der Waals surface area contributed by atoms with Crippen molar-refractivity contribution in [3.63, 3.8) is 0 Å². The lowest BCUT2D eigenvalue weighted by atomic mass is 10.4. The number of thiocarbonyl (C=S) groups is 1. The molecule has 0 aliphatic rings. The lowest BCUT2D eigenvalue weighted by Crippen LogP contribution is -2.32. The average molecular weight is 289 g/mol. The van der Waals surface area contributed by atoms with Gasteiger partial charge in [-0.2, -0.15) is 0 Å². The van der Waals surface area contributed by atoms with Crippen molar-refractivity contribution in [1.29, 1.82) is 0 Å². The van der Waals surface area contributed by atoms with Gasteiger partial charge in [0.2, 0.25) is 5.91 Å². The number of carbonyl (C=O) groups excluding carboxylic acids is 1. The zero-order valence-corrected chi connectivity index (χ0v) is 11.5. The van der Waals surface area contributed by atoms with E-state index in [-0.39, 0.29) is 11.0 Å². The summed E-state index contributed by atoms with van der Waals surface area (Å²) in [5, 5.41) is 7.63. The van der Waals surface area contributed by atoms with Crippen molar-refractivity contribution >= 4 is 46.3 Å². The van der Waals surface area contributed by atoms with Crippen LogP contribution in [0.15, 0.2) is 48.1 Å². The molecule has 0 atom stereocenters. The number of amides is 1. The molecule has 19 heavy (non-hydrogen) atoms. The Kier molecular flexibility index (Phi) is 4.77. The number of pyridine rings is 1. The second kappa shape index (κ2) is 6.77. The number of hydrogen-bond donors (Lipinski definition) is 2. The van der Waals surface area contributed by atoms with E-state index in [1.807, 2.05) is 23.6 Å². The lowest BCUT2D eigenvalue weighted by molar-refractivity contribution is -0.115. The monoisotopic (exact) mass is 289 g/mol. The third-order valence-electron chi connectivity index (χ3n) is 2.10. The molecule has 2 heterocycles. The van der Waals surface area contributed by atoms with E-state index in [0.29, 0.717) is 0 Å². The van der Waals surface area contributed by atoms with Crippen LogP contribution in [0.2, 0.25) is 0 Å². The van der Waals surface area contributed by atoms with Crippen molar-refractivity contribution in [1.82, 2.24) is 10.3 Å². The Balaban J connectivity index is 1.84. The van der Waals surface area contributed by atoms with E-state index < -0.39 is 0 Å². The molecule has 0 spiro atoms. The minimum Gasteiger partial charge on any atom is -0.331 e. The van der Waals surface area contributed by atoms with E-state index in [1.165, 1.54) is 6.08 Å². The minimum atomic E-state index is -0.269. The van der Waals surface area contributed by atoms with Gasteiger partial charge >= 0.3 is 0 Å². The van der Waals surface area contributed by atoms with Gasteiger partial charge in [-0.3, -0.25) is 15.1 Å². The van der Waals surface area contributed by atoms with Gasteiger partial charge in [-0.1, -0.05) is 6.07 Å². The van der Waals surface area contributed by atoms with Gasteiger partial charge in [0, 0.05) is 17.2 Å². The summed E-state index contributed by atoms with van der Waals surface area (Å²) in [4.78, 5) is 16.6. The molecular formula is C13H11N3OS2. The molecule has 0 aromatic carbocycles. The maximum atomic E-state index is 11.6. The first-order chi connectivity index (χ1) is 9.24. The van der Waals surface area contributed by atoms with Crippen molar-refractivity contribution in [3.05, 3.63) is 53.0 Å². The van der Waals surface area contributed by atoms with Gasteiger partial charge in [0.1, 0.15) is 0 Å². The molecule has 2 N–H and O–H groups in total. The molecule has 0 radical (unpaired) electrons. The number of thiophene rings is 1. The Morgan fingerprint density at radius 1 is 1.37 bits per heavy atom. The number of rotatable bonds is 3. The molecule has 2 aromatic heterocycles. The zero-order chi connectivity index (χ0) is 13.5. The molecule has 0 bridgehead atoms. The molecule has 0 fully saturated rings. The van der Waals surface area contributed by atoms with Gasteiger partial charge in [-0.15, -0.1) is 11.3 Å². The number of carbonyl (C=O) groups is 1. The summed E-state index contributed by atoms with van der Waals surface area (Å²) in [5.74, 6) is -0.269. The highest BCUT2D eigenvalue weighted by molar-refractivity contribution is 7.80. The number of anilines is 1. The standard InChI is InChI=1S/C13H11N3OS2/c17-12(6-5-11-4-2-8-19-11)16-13(18)15-10-3-1-7-14-9-10/h1-9H,(H2,15,16,17,18)/b6-5+. The summed E-state index contributed by atoms with van der Waals surface area (Å²) >= 11 is 6.59. The van der Waals surface area contributed by atoms with Crippen LogP contribution in [0.25, 0.3) is 6.08 Å². The van der Waals surface area contributed by atoms with Crippen molar-refractivity contribution < 1.29 is 4.79 Å². The smallest absolute Gasteiger partial charge is 0.250 e. The van der Waals surface area contributed by atoms with Gasteiger partial charge in [0.15, 0.2) is 5.11 Å². The summed E-state index contributed by atoms with van der Waals surface area (Å²) in [6, 6.07) is 7.45. The third-order valence-corrected chi connectivity index (χ3v) is 3.14. The maximum absolute atomic E-state index is 11.6. The lowest BCUT2D eigenvalue weighted by Gasteiger charge is -2.06. The van der Waals surface area contributed by atoms with Crippen LogP contribution < -0.4 is 10.6 Å². The van der Waals surface area contributed by atoms with Crippen LogP contribution in [-0.4, -0.2) is 16.0 Å². The van der Waals surface area contributed by atoms with Crippen LogP contribution in [0.3, 0.4) is 0 Å². The van der Waals surface area contributed by atoms with E-state index in [4.69, 9.17) is 12.2 Å². The van der Waals surface area contributed by atoms with Crippen molar-refractivity contribution in [3.8, 4) is 0 Å². The van der Waals surface area contributed by atoms with Gasteiger partial charge in [-0.25, -0.2) is 0 Å². The zero-order valence-electron chi connectivity index (χ0n) is 9.87. The SMILES string of the molecule is O=C(/C=C/c1cccs1)NC(=S)Nc1cccnc1. The average Bonchev–Trinajstić information content (AvgIpc) is 2.90. The van der Waals surface area contributed by atoms with Gasteiger partial charge in [0.05, 0.1) is 11.9 Å². The Morgan fingerprint density at radius 3 is 2.95 bits per heavy atom. The molecule has 1 amide bonds. The highest BCUT2D eigenvalue weighted by atomic mass is 32.1. The molecule has 4 nitrogen and oxygen atoms in total. The Labute approximate surface area is 120 Å². The van der Waals surface area contributed by atoms with E-state index in [9.17, 15) is 4.79 Å². The van der Waals surface area contributed by atoms with E-state index in [0.717, 1.165) is 10.6 Å². The van der Waals surface area contributed by atoms with Gasteiger partial charge in [-0.05, 0) is 41.9 Å². The molecular weight excluding hydrogens is 278 g/mol. The Bertz CT molecular complexity index is 579. The number of hydrogen-bond acceptors (Lipinski definition) is 4. The predicted molar refractivity (Wildman–Crippen MR) is 82.0 cm³/mol. The van der Waals surface area contributed by atoms with E-state index >= 15 is 0 Å². The van der Waals surface area contributed by atoms with Crippen LogP contribution in [-0.2, 0) is 4.79 Å². The molecule has 0 aliphatic heterocycles. The number of nitrogens with one attached hydrogen (secondary N) is 2. The number of nitrogens with zero attached hydrogens (tertiary/aromatic N) is 1. The minimum absolute atomic E-state index is 0.244. The second-order valence-corrected chi connectivity index (χ2v) is 4.92. The van der Waals surface area contributed by atoms with Crippen LogP contribution in [0, 0.1) is 0 Å². The van der Waals surface area contributed by atoms with Gasteiger partial charge in [0.25, 0.3) is 0 Å². The Hall–Kier alpha value is -2.05. The molecule has 2 rings (SSSR count). The van der Waals surface area contributed by atoms with Crippen LogP contribution in [0.5, 0.6) is 0 Å². The molecule has 0 saturated heterocycles. The predicted octanol–water partition coefficient (Wildman–Crippen LogP) is 2.67. The largest absolute Gasteiger partial charge is 0.331 e. The fourth-order valence-electron chi connectivity index (χ4n) is 1.30. The van der Waals surface area contributed by atoms with Crippen molar-refractivity contribution in [2.45, 2.75) is 0 Å². The van der Waals surface area contributed by atoms with Crippen molar-refractivity contribution in [2.75, 3.05) is 5.32 Å². The maximum Gasteiger partial charge on any atom is 0.250 e. The van der Waals surface area contributed by atoms with Crippen LogP contribution in [0.4, 0.5) is 5.69 Å². The fraction of sp³-hybridized carbons (Fsp3) is 0. The van der Waals surface area contributed by atoms with E-state index in [1.54, 1.807) is 35.9 Å². The first-order valence-corrected chi connectivity index (χ1v) is 6.76. The van der Waals surface area contributed by atoms with Crippen molar-refractivity contribution in [2.24, 2.45) is 0 Å². The first kappa shape index (κ1) is 13.4. The molecule has 96 valence electrons. The molecule has 0 saturated carbocycles.